The van der Waals surface area contributed by atoms with Crippen molar-refractivity contribution in [1.29, 1.82) is 0 Å². The highest BCUT2D eigenvalue weighted by Crippen LogP contribution is 2.35. The molecular weight excluding hydrogens is 258 g/mol. The third-order valence-electron chi connectivity index (χ3n) is 4.76. The van der Waals surface area contributed by atoms with Crippen LogP contribution in [-0.4, -0.2) is 16.8 Å². The number of hydrogen-bond acceptors (Lipinski definition) is 2. The Morgan fingerprint density at radius 1 is 1.33 bits per heavy atom. The number of benzene rings is 1. The van der Waals surface area contributed by atoms with Gasteiger partial charge in [-0.25, -0.2) is 0 Å². The maximum Gasteiger partial charge on any atom is 0.0521 e. The van der Waals surface area contributed by atoms with Crippen LogP contribution in [0.5, 0.6) is 0 Å². The van der Waals surface area contributed by atoms with Gasteiger partial charge in [0.1, 0.15) is 0 Å². The minimum absolute atomic E-state index is 0.486. The van der Waals surface area contributed by atoms with E-state index in [1.54, 1.807) is 0 Å². The van der Waals surface area contributed by atoms with Crippen LogP contribution in [0.25, 0.3) is 0 Å². The van der Waals surface area contributed by atoms with Crippen LogP contribution < -0.4 is 5.32 Å². The molecule has 112 valence electrons. The van der Waals surface area contributed by atoms with Crippen LogP contribution in [0.3, 0.4) is 0 Å². The second-order valence-electron chi connectivity index (χ2n) is 6.18. The number of rotatable bonds is 4. The van der Waals surface area contributed by atoms with Gasteiger partial charge in [0, 0.05) is 19.3 Å². The Morgan fingerprint density at radius 2 is 2.19 bits per heavy atom. The molecule has 0 fully saturated rings. The van der Waals surface area contributed by atoms with Crippen LogP contribution in [-0.2, 0) is 19.9 Å². The zero-order chi connectivity index (χ0) is 14.7. The van der Waals surface area contributed by atoms with Crippen molar-refractivity contribution >= 4 is 0 Å². The predicted molar refractivity (Wildman–Crippen MR) is 86.2 cm³/mol. The van der Waals surface area contributed by atoms with Crippen LogP contribution in [0.2, 0.25) is 0 Å². The fraction of sp³-hybridized carbons (Fsp3) is 0.500. The highest BCUT2D eigenvalue weighted by molar-refractivity contribution is 5.31. The molecule has 3 nitrogen and oxygen atoms in total. The molecule has 2 atom stereocenters. The molecule has 0 amide bonds. The number of nitrogens with one attached hydrogen (secondary N) is 1. The van der Waals surface area contributed by atoms with Gasteiger partial charge in [0.15, 0.2) is 0 Å². The quantitative estimate of drug-likeness (QED) is 0.873. The Kier molecular flexibility index (Phi) is 4.39. The molecule has 1 N–H and O–H groups in total. The van der Waals surface area contributed by atoms with Crippen molar-refractivity contribution in [2.24, 2.45) is 13.0 Å². The Balaban J connectivity index is 1.75. The van der Waals surface area contributed by atoms with E-state index in [1.807, 2.05) is 17.9 Å². The van der Waals surface area contributed by atoms with Gasteiger partial charge in [0.05, 0.1) is 6.20 Å². The summed E-state index contributed by atoms with van der Waals surface area (Å²) < 4.78 is 1.90. The smallest absolute Gasteiger partial charge is 0.0521 e. The number of nitrogens with zero attached hydrogens (tertiary/aromatic N) is 2. The predicted octanol–water partition coefficient (Wildman–Crippen LogP) is 3.27. The first kappa shape index (κ1) is 14.3. The van der Waals surface area contributed by atoms with Crippen molar-refractivity contribution in [3.05, 3.63) is 53.3 Å². The highest BCUT2D eigenvalue weighted by Gasteiger charge is 2.26. The summed E-state index contributed by atoms with van der Waals surface area (Å²) >= 11 is 0. The van der Waals surface area contributed by atoms with Gasteiger partial charge in [-0.05, 0) is 61.8 Å². The van der Waals surface area contributed by atoms with Crippen LogP contribution in [0.15, 0.2) is 36.7 Å². The van der Waals surface area contributed by atoms with E-state index in [2.05, 4.69) is 47.9 Å². The maximum absolute atomic E-state index is 4.28. The third-order valence-corrected chi connectivity index (χ3v) is 4.76. The molecular formula is C18H25N3. The third kappa shape index (κ3) is 3.18. The highest BCUT2D eigenvalue weighted by atomic mass is 15.2. The molecule has 0 saturated heterocycles. The molecule has 0 spiro atoms. The molecule has 1 aromatic carbocycles. The zero-order valence-corrected chi connectivity index (χ0v) is 13.0. The lowest BCUT2D eigenvalue weighted by atomic mass is 9.86. The van der Waals surface area contributed by atoms with Crippen LogP contribution >= 0.6 is 0 Å². The van der Waals surface area contributed by atoms with E-state index in [4.69, 9.17) is 0 Å². The summed E-state index contributed by atoms with van der Waals surface area (Å²) in [4.78, 5) is 0. The van der Waals surface area contributed by atoms with Crippen molar-refractivity contribution in [2.45, 2.75) is 38.1 Å². The fourth-order valence-corrected chi connectivity index (χ4v) is 3.70. The summed E-state index contributed by atoms with van der Waals surface area (Å²) in [7, 11) is 4.09. The van der Waals surface area contributed by atoms with E-state index in [-0.39, 0.29) is 0 Å². The average molecular weight is 283 g/mol. The molecule has 0 saturated carbocycles. The van der Waals surface area contributed by atoms with E-state index in [0.29, 0.717) is 12.0 Å². The molecule has 0 aliphatic heterocycles. The maximum atomic E-state index is 4.28. The molecule has 1 heterocycles. The molecule has 1 aliphatic carbocycles. The van der Waals surface area contributed by atoms with E-state index < -0.39 is 0 Å². The van der Waals surface area contributed by atoms with Gasteiger partial charge >= 0.3 is 0 Å². The van der Waals surface area contributed by atoms with E-state index in [0.717, 1.165) is 6.42 Å². The summed E-state index contributed by atoms with van der Waals surface area (Å²) in [5, 5.41) is 7.85. The van der Waals surface area contributed by atoms with Gasteiger partial charge in [-0.1, -0.05) is 24.3 Å². The Labute approximate surface area is 127 Å². The summed E-state index contributed by atoms with van der Waals surface area (Å²) in [5.74, 6) is 0.707. The Hall–Kier alpha value is -1.61. The van der Waals surface area contributed by atoms with Gasteiger partial charge in [0.25, 0.3) is 0 Å². The summed E-state index contributed by atoms with van der Waals surface area (Å²) in [6, 6.07) is 9.43. The normalized spacial score (nSPS) is 21.8. The van der Waals surface area contributed by atoms with Crippen molar-refractivity contribution in [1.82, 2.24) is 15.1 Å². The Morgan fingerprint density at radius 3 is 2.95 bits per heavy atom. The summed E-state index contributed by atoms with van der Waals surface area (Å²) in [6.07, 6.45) is 10.3. The van der Waals surface area contributed by atoms with Crippen LogP contribution in [0, 0.1) is 5.92 Å². The lowest BCUT2D eigenvalue weighted by Gasteiger charge is -2.26. The SMILES string of the molecule is CNC1c2ccccc2CCCC1CCc1cnn(C)c1. The lowest BCUT2D eigenvalue weighted by molar-refractivity contribution is 0.339. The lowest BCUT2D eigenvalue weighted by Crippen LogP contribution is -2.25. The van der Waals surface area contributed by atoms with Crippen LogP contribution in [0.1, 0.15) is 42.0 Å². The fourth-order valence-electron chi connectivity index (χ4n) is 3.70. The van der Waals surface area contributed by atoms with E-state index in [1.165, 1.54) is 42.4 Å². The van der Waals surface area contributed by atoms with Gasteiger partial charge < -0.3 is 5.32 Å². The van der Waals surface area contributed by atoms with E-state index >= 15 is 0 Å². The van der Waals surface area contributed by atoms with Crippen molar-refractivity contribution in [2.75, 3.05) is 7.05 Å². The molecule has 0 radical (unpaired) electrons. The minimum Gasteiger partial charge on any atom is -0.313 e. The molecule has 0 bridgehead atoms. The number of hydrogen-bond donors (Lipinski definition) is 1. The van der Waals surface area contributed by atoms with Gasteiger partial charge in [-0.2, -0.15) is 5.10 Å². The van der Waals surface area contributed by atoms with Crippen molar-refractivity contribution in [3.63, 3.8) is 0 Å². The van der Waals surface area contributed by atoms with Crippen molar-refractivity contribution < 1.29 is 0 Å². The number of aryl methyl sites for hydroxylation is 3. The number of fused-ring (bicyclic) bond motifs is 1. The molecule has 1 aromatic heterocycles. The molecule has 3 heteroatoms. The standard InChI is InChI=1S/C18H25N3/c1-19-18-16(11-10-14-12-20-21(2)13-14)8-5-7-15-6-3-4-9-17(15)18/h3-4,6,9,12-13,16,18-19H,5,7-8,10-11H2,1-2H3. The first-order chi connectivity index (χ1) is 10.3. The molecule has 2 aromatic rings. The van der Waals surface area contributed by atoms with Gasteiger partial charge in [-0.15, -0.1) is 0 Å². The molecule has 21 heavy (non-hydrogen) atoms. The van der Waals surface area contributed by atoms with E-state index in [9.17, 15) is 0 Å². The second kappa shape index (κ2) is 6.44. The monoisotopic (exact) mass is 283 g/mol. The first-order valence-electron chi connectivity index (χ1n) is 8.00. The van der Waals surface area contributed by atoms with Gasteiger partial charge in [-0.3, -0.25) is 4.68 Å². The van der Waals surface area contributed by atoms with Gasteiger partial charge in [0.2, 0.25) is 0 Å². The largest absolute Gasteiger partial charge is 0.313 e. The summed E-state index contributed by atoms with van der Waals surface area (Å²) in [6.45, 7) is 0. The first-order valence-corrected chi connectivity index (χ1v) is 8.00. The average Bonchev–Trinajstić information content (AvgIpc) is 2.82. The summed E-state index contributed by atoms with van der Waals surface area (Å²) in [5.41, 5.74) is 4.39. The zero-order valence-electron chi connectivity index (χ0n) is 13.0. The topological polar surface area (TPSA) is 29.9 Å². The van der Waals surface area contributed by atoms with Crippen LogP contribution in [0.4, 0.5) is 0 Å². The number of aromatic nitrogens is 2. The second-order valence-corrected chi connectivity index (χ2v) is 6.18. The molecule has 1 aliphatic rings. The molecule has 3 rings (SSSR count). The Bertz CT molecular complexity index is 588. The molecule has 2 unspecified atom stereocenters. The minimum atomic E-state index is 0.486. The van der Waals surface area contributed by atoms with Crippen molar-refractivity contribution in [3.8, 4) is 0 Å².